The van der Waals surface area contributed by atoms with Crippen LogP contribution in [-0.2, 0) is 15.3 Å². The van der Waals surface area contributed by atoms with E-state index in [9.17, 15) is 0 Å². The maximum absolute atomic E-state index is 6.01. The lowest BCUT2D eigenvalue weighted by Crippen LogP contribution is -2.28. The summed E-state index contributed by atoms with van der Waals surface area (Å²) in [6.45, 7) is 4.04. The van der Waals surface area contributed by atoms with E-state index in [2.05, 4.69) is 0 Å². The molecule has 100 valence electrons. The molecule has 1 aromatic carbocycles. The molecule has 1 aliphatic rings. The van der Waals surface area contributed by atoms with Gasteiger partial charge in [-0.3, -0.25) is 0 Å². The van der Waals surface area contributed by atoms with Crippen LogP contribution >= 0.6 is 11.6 Å². The summed E-state index contributed by atoms with van der Waals surface area (Å²) in [5, 5.41) is 0. The zero-order valence-corrected chi connectivity index (χ0v) is 11.7. The molecule has 2 rings (SSSR count). The largest absolute Gasteiger partial charge is 0.497 e. The van der Waals surface area contributed by atoms with Gasteiger partial charge in [-0.2, -0.15) is 0 Å². The average molecular weight is 271 g/mol. The number of methoxy groups -OCH3 is 1. The van der Waals surface area contributed by atoms with E-state index in [4.69, 9.17) is 25.8 Å². The summed E-state index contributed by atoms with van der Waals surface area (Å²) >= 11 is 5.89. The van der Waals surface area contributed by atoms with Gasteiger partial charge in [0.15, 0.2) is 5.79 Å². The molecular formula is C14H19ClO3. The zero-order valence-electron chi connectivity index (χ0n) is 11.0. The van der Waals surface area contributed by atoms with Crippen LogP contribution in [0.2, 0.25) is 0 Å². The minimum absolute atomic E-state index is 0.0651. The van der Waals surface area contributed by atoms with Gasteiger partial charge in [-0.25, -0.2) is 0 Å². The van der Waals surface area contributed by atoms with Gasteiger partial charge in [0.1, 0.15) is 5.75 Å². The standard InChI is InChI=1S/C14H19ClO3/c1-10-11(2)18-14(17-10,8-9-15)12-4-6-13(16-3)7-5-12/h4-7,10-11H,8-9H2,1-3H3. The van der Waals surface area contributed by atoms with E-state index in [-0.39, 0.29) is 12.2 Å². The molecule has 0 aliphatic carbocycles. The first-order valence-corrected chi connectivity index (χ1v) is 6.71. The van der Waals surface area contributed by atoms with Crippen LogP contribution < -0.4 is 4.74 Å². The van der Waals surface area contributed by atoms with Crippen LogP contribution in [0.5, 0.6) is 5.75 Å². The number of alkyl halides is 1. The normalized spacial score (nSPS) is 31.6. The molecule has 0 saturated carbocycles. The summed E-state index contributed by atoms with van der Waals surface area (Å²) in [7, 11) is 1.65. The molecule has 0 spiro atoms. The molecule has 18 heavy (non-hydrogen) atoms. The first-order chi connectivity index (χ1) is 8.61. The maximum atomic E-state index is 6.01. The minimum atomic E-state index is -0.715. The predicted octanol–water partition coefficient (Wildman–Crippen LogP) is 3.30. The molecule has 1 aliphatic heterocycles. The second kappa shape index (κ2) is 5.47. The van der Waals surface area contributed by atoms with Crippen LogP contribution in [0.1, 0.15) is 25.8 Å². The van der Waals surface area contributed by atoms with Crippen LogP contribution in [0.3, 0.4) is 0 Å². The molecule has 0 radical (unpaired) electrons. The molecule has 2 atom stereocenters. The van der Waals surface area contributed by atoms with Gasteiger partial charge in [-0.1, -0.05) is 0 Å². The summed E-state index contributed by atoms with van der Waals surface area (Å²) < 4.78 is 17.2. The molecule has 0 amide bonds. The second-order valence-corrected chi connectivity index (χ2v) is 4.94. The lowest BCUT2D eigenvalue weighted by Gasteiger charge is -2.28. The number of halogens is 1. The molecule has 0 bridgehead atoms. The Bertz CT molecular complexity index is 381. The van der Waals surface area contributed by atoms with Gasteiger partial charge >= 0.3 is 0 Å². The summed E-state index contributed by atoms with van der Waals surface area (Å²) in [4.78, 5) is 0. The highest BCUT2D eigenvalue weighted by Crippen LogP contribution is 2.40. The highest BCUT2D eigenvalue weighted by molar-refractivity contribution is 6.17. The highest BCUT2D eigenvalue weighted by atomic mass is 35.5. The molecule has 1 fully saturated rings. The van der Waals surface area contributed by atoms with E-state index in [1.54, 1.807) is 7.11 Å². The monoisotopic (exact) mass is 270 g/mol. The fourth-order valence-corrected chi connectivity index (χ4v) is 2.44. The third-order valence-electron chi connectivity index (χ3n) is 3.37. The Morgan fingerprint density at radius 2 is 1.72 bits per heavy atom. The van der Waals surface area contributed by atoms with Crippen LogP contribution in [-0.4, -0.2) is 25.2 Å². The van der Waals surface area contributed by atoms with Crippen LogP contribution in [0.15, 0.2) is 24.3 Å². The van der Waals surface area contributed by atoms with E-state index < -0.39 is 5.79 Å². The van der Waals surface area contributed by atoms with Gasteiger partial charge in [-0.05, 0) is 38.1 Å². The van der Waals surface area contributed by atoms with Crippen molar-refractivity contribution in [1.29, 1.82) is 0 Å². The highest BCUT2D eigenvalue weighted by Gasteiger charge is 2.44. The lowest BCUT2D eigenvalue weighted by molar-refractivity contribution is -0.183. The SMILES string of the molecule is COc1ccc(C2(CCCl)OC(C)C(C)O2)cc1. The number of hydrogen-bond acceptors (Lipinski definition) is 3. The Hall–Kier alpha value is -0.770. The molecule has 0 N–H and O–H groups in total. The van der Waals surface area contributed by atoms with Gasteiger partial charge in [0.25, 0.3) is 0 Å². The summed E-state index contributed by atoms with van der Waals surface area (Å²) in [5.41, 5.74) is 0.986. The minimum Gasteiger partial charge on any atom is -0.497 e. The van der Waals surface area contributed by atoms with E-state index >= 15 is 0 Å². The van der Waals surface area contributed by atoms with Gasteiger partial charge in [0.05, 0.1) is 19.3 Å². The summed E-state index contributed by atoms with van der Waals surface area (Å²) in [6.07, 6.45) is 0.765. The van der Waals surface area contributed by atoms with E-state index in [1.807, 2.05) is 38.1 Å². The van der Waals surface area contributed by atoms with E-state index in [0.717, 1.165) is 11.3 Å². The van der Waals surface area contributed by atoms with Crippen molar-refractivity contribution < 1.29 is 14.2 Å². The van der Waals surface area contributed by atoms with Crippen LogP contribution in [0.25, 0.3) is 0 Å². The summed E-state index contributed by atoms with van der Waals surface area (Å²) in [6, 6.07) is 7.75. The fourth-order valence-electron chi connectivity index (χ4n) is 2.19. The van der Waals surface area contributed by atoms with Crippen molar-refractivity contribution in [2.75, 3.05) is 13.0 Å². The number of hydrogen-bond donors (Lipinski definition) is 0. The topological polar surface area (TPSA) is 27.7 Å². The van der Waals surface area contributed by atoms with Gasteiger partial charge < -0.3 is 14.2 Å². The molecule has 1 aromatic rings. The second-order valence-electron chi connectivity index (χ2n) is 4.57. The smallest absolute Gasteiger partial charge is 0.196 e. The average Bonchev–Trinajstić information content (AvgIpc) is 2.66. The Morgan fingerprint density at radius 1 is 1.17 bits per heavy atom. The van der Waals surface area contributed by atoms with Crippen molar-refractivity contribution in [3.63, 3.8) is 0 Å². The van der Waals surface area contributed by atoms with Crippen molar-refractivity contribution >= 4 is 11.6 Å². The Kier molecular flexibility index (Phi) is 4.15. The molecule has 1 heterocycles. The Balaban J connectivity index is 2.29. The molecule has 4 heteroatoms. The third kappa shape index (κ3) is 2.48. The molecule has 1 saturated heterocycles. The Morgan fingerprint density at radius 3 is 2.17 bits per heavy atom. The van der Waals surface area contributed by atoms with Crippen molar-refractivity contribution in [1.82, 2.24) is 0 Å². The fraction of sp³-hybridized carbons (Fsp3) is 0.571. The van der Waals surface area contributed by atoms with Gasteiger partial charge in [-0.15, -0.1) is 11.6 Å². The van der Waals surface area contributed by atoms with Crippen molar-refractivity contribution in [3.8, 4) is 5.75 Å². The number of ether oxygens (including phenoxy) is 3. The number of benzene rings is 1. The quantitative estimate of drug-likeness (QED) is 0.786. The molecule has 2 unspecified atom stereocenters. The van der Waals surface area contributed by atoms with E-state index in [1.165, 1.54) is 0 Å². The lowest BCUT2D eigenvalue weighted by atomic mass is 10.0. The Labute approximate surface area is 113 Å². The van der Waals surface area contributed by atoms with Crippen molar-refractivity contribution in [2.24, 2.45) is 0 Å². The maximum Gasteiger partial charge on any atom is 0.196 e. The van der Waals surface area contributed by atoms with Crippen molar-refractivity contribution in [3.05, 3.63) is 29.8 Å². The van der Waals surface area contributed by atoms with Gasteiger partial charge in [0, 0.05) is 17.9 Å². The van der Waals surface area contributed by atoms with E-state index in [0.29, 0.717) is 12.3 Å². The van der Waals surface area contributed by atoms with Crippen LogP contribution in [0, 0.1) is 0 Å². The number of rotatable bonds is 4. The first kappa shape index (κ1) is 13.7. The molecule has 3 nitrogen and oxygen atoms in total. The van der Waals surface area contributed by atoms with Gasteiger partial charge in [0.2, 0.25) is 0 Å². The summed E-state index contributed by atoms with van der Waals surface area (Å²) in [5.74, 6) is 0.595. The zero-order chi connectivity index (χ0) is 13.2. The predicted molar refractivity (Wildman–Crippen MR) is 71.1 cm³/mol. The molecular weight excluding hydrogens is 252 g/mol. The third-order valence-corrected chi connectivity index (χ3v) is 3.56. The first-order valence-electron chi connectivity index (χ1n) is 6.17. The van der Waals surface area contributed by atoms with Crippen LogP contribution in [0.4, 0.5) is 0 Å². The van der Waals surface area contributed by atoms with Crippen molar-refractivity contribution in [2.45, 2.75) is 38.3 Å². The molecule has 0 aromatic heterocycles.